The van der Waals surface area contributed by atoms with Gasteiger partial charge in [0.1, 0.15) is 5.82 Å². The van der Waals surface area contributed by atoms with E-state index in [2.05, 4.69) is 21.2 Å². The van der Waals surface area contributed by atoms with Crippen LogP contribution in [0.25, 0.3) is 0 Å². The van der Waals surface area contributed by atoms with Gasteiger partial charge in [-0.2, -0.15) is 0 Å². The molecule has 20 heavy (non-hydrogen) atoms. The quantitative estimate of drug-likeness (QED) is 0.873. The molecule has 0 aliphatic heterocycles. The first-order valence-electron chi connectivity index (χ1n) is 6.03. The van der Waals surface area contributed by atoms with Crippen LogP contribution in [0, 0.1) is 5.82 Å². The minimum atomic E-state index is -0.262. The molecule has 0 saturated carbocycles. The summed E-state index contributed by atoms with van der Waals surface area (Å²) in [6, 6.07) is 11.3. The summed E-state index contributed by atoms with van der Waals surface area (Å²) in [5.74, 6) is -0.447. The number of benzene rings is 2. The van der Waals surface area contributed by atoms with Crippen LogP contribution in [0.15, 0.2) is 46.9 Å². The lowest BCUT2D eigenvalue weighted by Crippen LogP contribution is -2.25. The number of carbonyl (C=O) groups excluding carboxylic acids is 1. The Kier molecular flexibility index (Phi) is 5.15. The number of hydrogen-bond donors (Lipinski definition) is 1. The maximum atomic E-state index is 12.7. The highest BCUT2D eigenvalue weighted by Gasteiger charge is 2.07. The van der Waals surface area contributed by atoms with Gasteiger partial charge in [-0.15, -0.1) is 0 Å². The van der Waals surface area contributed by atoms with Crippen LogP contribution in [0.4, 0.5) is 4.39 Å². The van der Waals surface area contributed by atoms with Crippen molar-refractivity contribution in [2.24, 2.45) is 0 Å². The summed E-state index contributed by atoms with van der Waals surface area (Å²) in [6.45, 7) is 0.481. The highest BCUT2D eigenvalue weighted by atomic mass is 79.9. The van der Waals surface area contributed by atoms with E-state index in [1.54, 1.807) is 30.3 Å². The molecule has 5 heteroatoms. The van der Waals surface area contributed by atoms with E-state index in [0.717, 1.165) is 10.0 Å². The summed E-state index contributed by atoms with van der Waals surface area (Å²) >= 11 is 9.19. The van der Waals surface area contributed by atoms with Crippen LogP contribution in [-0.2, 0) is 6.42 Å². The molecule has 1 amide bonds. The van der Waals surface area contributed by atoms with Crippen molar-refractivity contribution in [1.29, 1.82) is 0 Å². The van der Waals surface area contributed by atoms with Crippen molar-refractivity contribution < 1.29 is 9.18 Å². The predicted octanol–water partition coefficient (Wildman–Crippen LogP) is 4.21. The third-order valence-electron chi connectivity index (χ3n) is 2.74. The third-order valence-corrected chi connectivity index (χ3v) is 3.41. The molecule has 0 unspecified atom stereocenters. The summed E-state index contributed by atoms with van der Waals surface area (Å²) < 4.78 is 13.5. The van der Waals surface area contributed by atoms with Gasteiger partial charge in [-0.05, 0) is 42.3 Å². The molecule has 2 nitrogen and oxygen atoms in total. The van der Waals surface area contributed by atoms with Crippen molar-refractivity contribution in [3.05, 3.63) is 68.9 Å². The molecule has 0 atom stereocenters. The van der Waals surface area contributed by atoms with Gasteiger partial charge in [-0.1, -0.05) is 39.7 Å². The van der Waals surface area contributed by atoms with E-state index in [1.165, 1.54) is 12.1 Å². The zero-order valence-corrected chi connectivity index (χ0v) is 12.8. The summed E-state index contributed by atoms with van der Waals surface area (Å²) in [5, 5.41) is 3.31. The first-order chi connectivity index (χ1) is 9.54. The van der Waals surface area contributed by atoms with Crippen molar-refractivity contribution >= 4 is 33.4 Å². The Morgan fingerprint density at radius 3 is 2.55 bits per heavy atom. The molecule has 0 bridgehead atoms. The van der Waals surface area contributed by atoms with Gasteiger partial charge < -0.3 is 5.32 Å². The zero-order chi connectivity index (χ0) is 14.5. The normalized spacial score (nSPS) is 10.3. The van der Waals surface area contributed by atoms with Gasteiger partial charge >= 0.3 is 0 Å². The summed E-state index contributed by atoms with van der Waals surface area (Å²) in [5.41, 5.74) is 1.47. The molecule has 0 radical (unpaired) electrons. The minimum Gasteiger partial charge on any atom is -0.352 e. The highest BCUT2D eigenvalue weighted by molar-refractivity contribution is 9.10. The number of rotatable bonds is 4. The lowest BCUT2D eigenvalue weighted by atomic mass is 10.1. The molecule has 1 N–H and O–H groups in total. The maximum absolute atomic E-state index is 12.7. The first-order valence-corrected chi connectivity index (χ1v) is 7.20. The minimum absolute atomic E-state index is 0.185. The molecule has 0 fully saturated rings. The number of halogens is 3. The van der Waals surface area contributed by atoms with Gasteiger partial charge in [0.25, 0.3) is 5.91 Å². The van der Waals surface area contributed by atoms with E-state index < -0.39 is 0 Å². The fraction of sp³-hybridized carbons (Fsp3) is 0.133. The molecule has 0 spiro atoms. The fourth-order valence-corrected chi connectivity index (χ4v) is 2.62. The lowest BCUT2D eigenvalue weighted by molar-refractivity contribution is 0.0954. The zero-order valence-electron chi connectivity index (χ0n) is 10.5. The Morgan fingerprint density at radius 1 is 1.20 bits per heavy atom. The van der Waals surface area contributed by atoms with E-state index in [4.69, 9.17) is 11.6 Å². The van der Waals surface area contributed by atoms with Gasteiger partial charge in [-0.3, -0.25) is 4.79 Å². The second-order valence-electron chi connectivity index (χ2n) is 4.29. The SMILES string of the molecule is O=C(NCCc1ccc(F)cc1)c1cc(Cl)cc(Br)c1. The first kappa shape index (κ1) is 15.0. The Balaban J connectivity index is 1.90. The molecular weight excluding hydrogens is 345 g/mol. The number of nitrogens with one attached hydrogen (secondary N) is 1. The summed E-state index contributed by atoms with van der Waals surface area (Å²) in [6.07, 6.45) is 0.647. The van der Waals surface area contributed by atoms with Crippen molar-refractivity contribution in [2.75, 3.05) is 6.54 Å². The summed E-state index contributed by atoms with van der Waals surface area (Å²) in [4.78, 5) is 11.9. The molecule has 2 rings (SSSR count). The topological polar surface area (TPSA) is 29.1 Å². The largest absolute Gasteiger partial charge is 0.352 e. The average molecular weight is 357 g/mol. The molecular formula is C15H12BrClFNO. The van der Waals surface area contributed by atoms with Crippen molar-refractivity contribution in [2.45, 2.75) is 6.42 Å². The molecule has 0 aromatic heterocycles. The predicted molar refractivity (Wildman–Crippen MR) is 81.6 cm³/mol. The number of carbonyl (C=O) groups is 1. The Hall–Kier alpha value is -1.39. The Bertz CT molecular complexity index is 596. The van der Waals surface area contributed by atoms with E-state index >= 15 is 0 Å². The van der Waals surface area contributed by atoms with E-state index in [-0.39, 0.29) is 11.7 Å². The van der Waals surface area contributed by atoms with Crippen molar-refractivity contribution in [3.8, 4) is 0 Å². The van der Waals surface area contributed by atoms with Gasteiger partial charge in [0.15, 0.2) is 0 Å². The number of amides is 1. The van der Waals surface area contributed by atoms with Gasteiger partial charge in [0.05, 0.1) is 0 Å². The van der Waals surface area contributed by atoms with Crippen LogP contribution in [-0.4, -0.2) is 12.5 Å². The second kappa shape index (κ2) is 6.86. The molecule has 2 aromatic rings. The van der Waals surface area contributed by atoms with Crippen LogP contribution < -0.4 is 5.32 Å². The maximum Gasteiger partial charge on any atom is 0.251 e. The highest BCUT2D eigenvalue weighted by Crippen LogP contribution is 2.19. The van der Waals surface area contributed by atoms with E-state index in [0.29, 0.717) is 23.6 Å². The molecule has 2 aromatic carbocycles. The van der Waals surface area contributed by atoms with E-state index in [9.17, 15) is 9.18 Å². The summed E-state index contributed by atoms with van der Waals surface area (Å²) in [7, 11) is 0. The molecule has 0 heterocycles. The standard InChI is InChI=1S/C15H12BrClFNO/c16-12-7-11(8-13(17)9-12)15(20)19-6-5-10-1-3-14(18)4-2-10/h1-4,7-9H,5-6H2,(H,19,20). The van der Waals surface area contributed by atoms with Crippen molar-refractivity contribution in [3.63, 3.8) is 0 Å². The molecule has 104 valence electrons. The van der Waals surface area contributed by atoms with Gasteiger partial charge in [0.2, 0.25) is 0 Å². The van der Waals surface area contributed by atoms with Crippen LogP contribution in [0.1, 0.15) is 15.9 Å². The Morgan fingerprint density at radius 2 is 1.90 bits per heavy atom. The third kappa shape index (κ3) is 4.32. The average Bonchev–Trinajstić information content (AvgIpc) is 2.40. The Labute approximate surface area is 130 Å². The fourth-order valence-electron chi connectivity index (χ4n) is 1.76. The molecule has 0 aliphatic rings. The van der Waals surface area contributed by atoms with Crippen LogP contribution in [0.3, 0.4) is 0 Å². The van der Waals surface area contributed by atoms with Gasteiger partial charge in [-0.25, -0.2) is 4.39 Å². The second-order valence-corrected chi connectivity index (χ2v) is 5.64. The van der Waals surface area contributed by atoms with Crippen molar-refractivity contribution in [1.82, 2.24) is 5.32 Å². The number of hydrogen-bond acceptors (Lipinski definition) is 1. The van der Waals surface area contributed by atoms with Crippen LogP contribution >= 0.6 is 27.5 Å². The van der Waals surface area contributed by atoms with Crippen LogP contribution in [0.5, 0.6) is 0 Å². The van der Waals surface area contributed by atoms with E-state index in [1.807, 2.05) is 0 Å². The molecule has 0 saturated heterocycles. The smallest absolute Gasteiger partial charge is 0.251 e. The van der Waals surface area contributed by atoms with Crippen LogP contribution in [0.2, 0.25) is 5.02 Å². The lowest BCUT2D eigenvalue weighted by Gasteiger charge is -2.06. The van der Waals surface area contributed by atoms with Gasteiger partial charge in [0, 0.05) is 21.6 Å². The monoisotopic (exact) mass is 355 g/mol. The molecule has 0 aliphatic carbocycles.